The Bertz CT molecular complexity index is 505. The standard InChI is InChI=1S/C10H20N6O2S/c1-3-12-8-7-9(16-10(11)15-8)13-5-4-6-14-19(2,17)18/h7,14H,3-6H2,1-2H3,(H4,11,12,13,15,16). The molecule has 0 fully saturated rings. The van der Waals surface area contributed by atoms with Crippen molar-refractivity contribution in [3.05, 3.63) is 6.07 Å². The molecule has 0 saturated carbocycles. The molecule has 0 saturated heterocycles. The molecule has 0 amide bonds. The Balaban J connectivity index is 2.40. The van der Waals surface area contributed by atoms with Crippen molar-refractivity contribution in [2.24, 2.45) is 0 Å². The summed E-state index contributed by atoms with van der Waals surface area (Å²) in [4.78, 5) is 8.06. The van der Waals surface area contributed by atoms with Crippen LogP contribution in [0, 0.1) is 0 Å². The first-order valence-electron chi connectivity index (χ1n) is 5.97. The fraction of sp³-hybridized carbons (Fsp3) is 0.600. The third-order valence-electron chi connectivity index (χ3n) is 2.13. The maximum Gasteiger partial charge on any atom is 0.223 e. The van der Waals surface area contributed by atoms with Crippen LogP contribution in [0.4, 0.5) is 17.6 Å². The summed E-state index contributed by atoms with van der Waals surface area (Å²) in [5.41, 5.74) is 5.58. The smallest absolute Gasteiger partial charge is 0.223 e. The Hall–Kier alpha value is -1.61. The summed E-state index contributed by atoms with van der Waals surface area (Å²) in [7, 11) is -3.12. The molecule has 1 aromatic rings. The van der Waals surface area contributed by atoms with Gasteiger partial charge in [-0.3, -0.25) is 0 Å². The summed E-state index contributed by atoms with van der Waals surface area (Å²) in [6.45, 7) is 3.67. The van der Waals surface area contributed by atoms with Gasteiger partial charge in [0, 0.05) is 25.7 Å². The lowest BCUT2D eigenvalue weighted by atomic mass is 10.4. The van der Waals surface area contributed by atoms with E-state index in [2.05, 4.69) is 25.3 Å². The average molecular weight is 288 g/mol. The summed E-state index contributed by atoms with van der Waals surface area (Å²) in [5.74, 6) is 1.46. The van der Waals surface area contributed by atoms with E-state index in [1.807, 2.05) is 6.92 Å². The van der Waals surface area contributed by atoms with E-state index in [4.69, 9.17) is 5.73 Å². The van der Waals surface area contributed by atoms with Crippen LogP contribution < -0.4 is 21.1 Å². The van der Waals surface area contributed by atoms with Crippen molar-refractivity contribution in [2.45, 2.75) is 13.3 Å². The van der Waals surface area contributed by atoms with Crippen LogP contribution in [0.15, 0.2) is 6.07 Å². The highest BCUT2D eigenvalue weighted by Crippen LogP contribution is 2.11. The predicted molar refractivity (Wildman–Crippen MR) is 76.6 cm³/mol. The van der Waals surface area contributed by atoms with Crippen molar-refractivity contribution in [3.63, 3.8) is 0 Å². The van der Waals surface area contributed by atoms with E-state index in [1.165, 1.54) is 0 Å². The highest BCUT2D eigenvalue weighted by atomic mass is 32.2. The molecule has 0 bridgehead atoms. The van der Waals surface area contributed by atoms with Gasteiger partial charge in [-0.05, 0) is 13.3 Å². The van der Waals surface area contributed by atoms with Crippen molar-refractivity contribution < 1.29 is 8.42 Å². The van der Waals surface area contributed by atoms with Gasteiger partial charge in [-0.25, -0.2) is 13.1 Å². The van der Waals surface area contributed by atoms with Crippen LogP contribution in [0.1, 0.15) is 13.3 Å². The Kier molecular flexibility index (Phi) is 5.77. The van der Waals surface area contributed by atoms with Gasteiger partial charge in [0.05, 0.1) is 6.26 Å². The van der Waals surface area contributed by atoms with E-state index in [1.54, 1.807) is 6.07 Å². The molecule has 0 aromatic carbocycles. The number of nitrogens with zero attached hydrogens (tertiary/aromatic N) is 2. The first-order valence-corrected chi connectivity index (χ1v) is 7.87. The Morgan fingerprint density at radius 3 is 2.42 bits per heavy atom. The number of sulfonamides is 1. The van der Waals surface area contributed by atoms with Crippen LogP contribution in [-0.4, -0.2) is 44.3 Å². The quantitative estimate of drug-likeness (QED) is 0.490. The SMILES string of the molecule is CCNc1cc(NCCCNS(C)(=O)=O)nc(N)n1. The molecule has 0 aliphatic heterocycles. The van der Waals surface area contributed by atoms with Crippen LogP contribution in [-0.2, 0) is 10.0 Å². The van der Waals surface area contributed by atoms with Crippen molar-refractivity contribution >= 4 is 27.6 Å². The average Bonchev–Trinajstić information content (AvgIpc) is 2.26. The van der Waals surface area contributed by atoms with Crippen LogP contribution >= 0.6 is 0 Å². The van der Waals surface area contributed by atoms with Gasteiger partial charge in [-0.1, -0.05) is 0 Å². The molecule has 0 spiro atoms. The first-order chi connectivity index (χ1) is 8.90. The lowest BCUT2D eigenvalue weighted by Gasteiger charge is -2.09. The second kappa shape index (κ2) is 7.10. The van der Waals surface area contributed by atoms with E-state index in [0.29, 0.717) is 31.1 Å². The minimum atomic E-state index is -3.12. The molecule has 0 aliphatic rings. The molecular weight excluding hydrogens is 268 g/mol. The van der Waals surface area contributed by atoms with Gasteiger partial charge in [0.15, 0.2) is 0 Å². The van der Waals surface area contributed by atoms with E-state index < -0.39 is 10.0 Å². The lowest BCUT2D eigenvalue weighted by Crippen LogP contribution is -2.24. The zero-order chi connectivity index (χ0) is 14.3. The van der Waals surface area contributed by atoms with Crippen LogP contribution in [0.3, 0.4) is 0 Å². The van der Waals surface area contributed by atoms with Gasteiger partial charge in [0.25, 0.3) is 0 Å². The second-order valence-electron chi connectivity index (χ2n) is 3.97. The fourth-order valence-electron chi connectivity index (χ4n) is 1.39. The van der Waals surface area contributed by atoms with Crippen molar-refractivity contribution in [2.75, 3.05) is 42.3 Å². The molecule has 0 radical (unpaired) electrons. The number of hydrogen-bond acceptors (Lipinski definition) is 7. The predicted octanol–water partition coefficient (Wildman–Crippen LogP) is -0.158. The minimum absolute atomic E-state index is 0.190. The van der Waals surface area contributed by atoms with Gasteiger partial charge >= 0.3 is 0 Å². The number of aromatic nitrogens is 2. The number of nitrogens with one attached hydrogen (secondary N) is 3. The number of nitrogens with two attached hydrogens (primary N) is 1. The van der Waals surface area contributed by atoms with Crippen LogP contribution in [0.2, 0.25) is 0 Å². The summed E-state index contributed by atoms with van der Waals surface area (Å²) in [6, 6.07) is 1.75. The molecule has 0 unspecified atom stereocenters. The summed E-state index contributed by atoms with van der Waals surface area (Å²) >= 11 is 0. The lowest BCUT2D eigenvalue weighted by molar-refractivity contribution is 0.586. The number of rotatable bonds is 8. The molecule has 0 aliphatic carbocycles. The molecule has 0 atom stereocenters. The normalized spacial score (nSPS) is 11.3. The van der Waals surface area contributed by atoms with Gasteiger partial charge in [-0.2, -0.15) is 9.97 Å². The van der Waals surface area contributed by atoms with Crippen molar-refractivity contribution in [1.29, 1.82) is 0 Å². The first kappa shape index (κ1) is 15.4. The molecule has 1 rings (SSSR count). The Morgan fingerprint density at radius 2 is 1.84 bits per heavy atom. The van der Waals surface area contributed by atoms with E-state index in [9.17, 15) is 8.42 Å². The van der Waals surface area contributed by atoms with Crippen molar-refractivity contribution in [1.82, 2.24) is 14.7 Å². The topological polar surface area (TPSA) is 122 Å². The third-order valence-corrected chi connectivity index (χ3v) is 2.85. The number of hydrogen-bond donors (Lipinski definition) is 4. The molecule has 19 heavy (non-hydrogen) atoms. The van der Waals surface area contributed by atoms with Gasteiger partial charge < -0.3 is 16.4 Å². The minimum Gasteiger partial charge on any atom is -0.370 e. The maximum absolute atomic E-state index is 10.8. The summed E-state index contributed by atoms with van der Waals surface area (Å²) in [6.07, 6.45) is 1.78. The largest absolute Gasteiger partial charge is 0.370 e. The van der Waals surface area contributed by atoms with Gasteiger partial charge in [-0.15, -0.1) is 0 Å². The monoisotopic (exact) mass is 288 g/mol. The Morgan fingerprint density at radius 1 is 1.21 bits per heavy atom. The van der Waals surface area contributed by atoms with Crippen molar-refractivity contribution in [3.8, 4) is 0 Å². The summed E-state index contributed by atoms with van der Waals surface area (Å²) < 4.78 is 24.1. The molecule has 5 N–H and O–H groups in total. The molecular formula is C10H20N6O2S. The van der Waals surface area contributed by atoms with Crippen LogP contribution in [0.5, 0.6) is 0 Å². The Labute approximate surface area is 113 Å². The zero-order valence-electron chi connectivity index (χ0n) is 11.1. The maximum atomic E-state index is 10.8. The highest BCUT2D eigenvalue weighted by molar-refractivity contribution is 7.88. The van der Waals surface area contributed by atoms with E-state index in [0.717, 1.165) is 12.8 Å². The molecule has 8 nitrogen and oxygen atoms in total. The third kappa shape index (κ3) is 6.77. The molecule has 108 valence electrons. The molecule has 9 heteroatoms. The van der Waals surface area contributed by atoms with Gasteiger partial charge in [0.1, 0.15) is 11.6 Å². The van der Waals surface area contributed by atoms with Crippen LogP contribution in [0.25, 0.3) is 0 Å². The molecule has 1 aromatic heterocycles. The molecule has 1 heterocycles. The number of nitrogen functional groups attached to an aromatic ring is 1. The fourth-order valence-corrected chi connectivity index (χ4v) is 1.91. The number of anilines is 3. The second-order valence-corrected chi connectivity index (χ2v) is 5.81. The van der Waals surface area contributed by atoms with E-state index >= 15 is 0 Å². The van der Waals surface area contributed by atoms with Gasteiger partial charge in [0.2, 0.25) is 16.0 Å². The summed E-state index contributed by atoms with van der Waals surface area (Å²) in [5, 5.41) is 6.11. The van der Waals surface area contributed by atoms with E-state index in [-0.39, 0.29) is 5.95 Å². The zero-order valence-corrected chi connectivity index (χ0v) is 11.9. The highest BCUT2D eigenvalue weighted by Gasteiger charge is 2.02.